The van der Waals surface area contributed by atoms with Crippen molar-refractivity contribution in [2.24, 2.45) is 0 Å². The normalized spacial score (nSPS) is 15.6. The van der Waals surface area contributed by atoms with E-state index in [-0.39, 0.29) is 83.7 Å². The largest absolute Gasteiger partial charge is 0.481 e. The monoisotopic (exact) mass is 944 g/mol. The van der Waals surface area contributed by atoms with E-state index in [2.05, 4.69) is 31.9 Å². The molecule has 1 aliphatic heterocycles. The number of rotatable bonds is 28. The quantitative estimate of drug-likeness (QED) is 0.0258. The van der Waals surface area contributed by atoms with Gasteiger partial charge in [0.2, 0.25) is 11.8 Å². The number of carboxylic acid groups (broad SMARTS) is 3. The minimum absolute atomic E-state index is 0.000912. The van der Waals surface area contributed by atoms with Crippen molar-refractivity contribution in [2.75, 3.05) is 92.0 Å². The molecule has 2 unspecified atom stereocenters. The van der Waals surface area contributed by atoms with Crippen molar-refractivity contribution in [3.05, 3.63) is 34.3 Å². The molecular formula is C38H57BrN8O15. The summed E-state index contributed by atoms with van der Waals surface area (Å²) in [5.41, 5.74) is 0.837. The molecule has 6 N–H and O–H groups in total. The highest BCUT2D eigenvalue weighted by atomic mass is 79.9. The summed E-state index contributed by atoms with van der Waals surface area (Å²) in [5, 5.41) is 35.0. The van der Waals surface area contributed by atoms with Crippen LogP contribution in [0.5, 0.6) is 0 Å². The highest BCUT2D eigenvalue weighted by Crippen LogP contribution is 2.14. The Labute approximate surface area is 367 Å². The molecule has 4 amide bonds. The summed E-state index contributed by atoms with van der Waals surface area (Å²) >= 11 is 3.40. The molecule has 24 heteroatoms. The molecule has 0 saturated carbocycles. The van der Waals surface area contributed by atoms with Gasteiger partial charge in [0.25, 0.3) is 19.4 Å². The zero-order chi connectivity index (χ0) is 45.7. The Hall–Kier alpha value is -5.43. The van der Waals surface area contributed by atoms with Crippen LogP contribution in [-0.4, -0.2) is 199 Å². The molecule has 0 aliphatic carbocycles. The fourth-order valence-electron chi connectivity index (χ4n) is 6.19. The Morgan fingerprint density at radius 2 is 1.27 bits per heavy atom. The smallest absolute Gasteiger partial charge is 0.326 e. The van der Waals surface area contributed by atoms with Crippen LogP contribution in [0.15, 0.2) is 28.7 Å². The molecule has 1 aromatic rings. The van der Waals surface area contributed by atoms with Gasteiger partial charge in [-0.1, -0.05) is 28.1 Å². The molecule has 2 atom stereocenters. The number of hydrogen-bond donors (Lipinski definition) is 6. The first-order valence-corrected chi connectivity index (χ1v) is 20.6. The minimum Gasteiger partial charge on any atom is -0.481 e. The Balaban J connectivity index is 2.03. The van der Waals surface area contributed by atoms with Gasteiger partial charge in [0.05, 0.1) is 13.1 Å². The van der Waals surface area contributed by atoms with Crippen LogP contribution >= 0.6 is 15.9 Å². The number of carbonyl (C=O) groups excluding carboxylic acids is 6. The number of unbranched alkanes of at least 4 members (excludes halogenated alkanes) is 1. The van der Waals surface area contributed by atoms with E-state index in [0.29, 0.717) is 78.1 Å². The van der Waals surface area contributed by atoms with Crippen LogP contribution in [0.1, 0.15) is 44.1 Å². The lowest BCUT2D eigenvalue weighted by Gasteiger charge is -2.33. The molecule has 0 spiro atoms. The van der Waals surface area contributed by atoms with Crippen molar-refractivity contribution in [2.45, 2.75) is 57.3 Å². The molecule has 1 aliphatic rings. The zero-order valence-corrected chi connectivity index (χ0v) is 36.0. The molecule has 62 heavy (non-hydrogen) atoms. The standard InChI is InChI=1S/C38H57BrN8O15/c39-30-6-4-29(5-7-30)21-47(12-2-1-3-33(62-28-50)42-38(59)41-31(37(57)58)8-9-35(53)54)34(52)10-11-40-32(51)22-43-13-14-44(23-36(55)56)16-18-46(25-61-27-49)20-19-45(17-15-43)24-60-26-48/h4-7,26-28,31,33H,1-3,8-25H2,(H,40,51)(H,53,54)(H,55,56)(H,57,58)(H2,41,42,59). The molecule has 0 bridgehead atoms. The molecule has 1 fully saturated rings. The fourth-order valence-corrected chi connectivity index (χ4v) is 6.45. The van der Waals surface area contributed by atoms with Gasteiger partial charge >= 0.3 is 23.9 Å². The number of carboxylic acids is 3. The van der Waals surface area contributed by atoms with Crippen LogP contribution in [0.4, 0.5) is 4.79 Å². The van der Waals surface area contributed by atoms with Crippen LogP contribution in [0.3, 0.4) is 0 Å². The highest BCUT2D eigenvalue weighted by Gasteiger charge is 2.24. The first-order valence-electron chi connectivity index (χ1n) is 19.8. The van der Waals surface area contributed by atoms with E-state index in [0.717, 1.165) is 10.0 Å². The van der Waals surface area contributed by atoms with Crippen LogP contribution < -0.4 is 16.0 Å². The number of nitrogens with one attached hydrogen (secondary N) is 3. The van der Waals surface area contributed by atoms with Crippen molar-refractivity contribution in [3.63, 3.8) is 0 Å². The fraction of sp³-hybridized carbons (Fsp3) is 0.605. The number of nitrogens with zero attached hydrogens (tertiary/aromatic N) is 5. The number of ether oxygens (including phenoxy) is 3. The van der Waals surface area contributed by atoms with Crippen LogP contribution in [0.25, 0.3) is 0 Å². The van der Waals surface area contributed by atoms with Crippen molar-refractivity contribution in [1.29, 1.82) is 0 Å². The lowest BCUT2D eigenvalue weighted by molar-refractivity contribution is -0.141. The summed E-state index contributed by atoms with van der Waals surface area (Å²) in [6.45, 7) is 3.93. The molecule has 1 heterocycles. The van der Waals surface area contributed by atoms with Gasteiger partial charge < -0.3 is 50.4 Å². The van der Waals surface area contributed by atoms with Crippen LogP contribution in [0.2, 0.25) is 0 Å². The second-order valence-corrected chi connectivity index (χ2v) is 15.1. The van der Waals surface area contributed by atoms with E-state index >= 15 is 0 Å². The second kappa shape index (κ2) is 30.6. The van der Waals surface area contributed by atoms with Crippen LogP contribution in [-0.2, 0) is 59.1 Å². The van der Waals surface area contributed by atoms with E-state index in [1.807, 2.05) is 39.0 Å². The average Bonchev–Trinajstić information content (AvgIpc) is 3.22. The third-order valence-corrected chi connectivity index (χ3v) is 10.0. The number of carbonyl (C=O) groups is 9. The van der Waals surface area contributed by atoms with Gasteiger partial charge in [0.15, 0.2) is 6.23 Å². The highest BCUT2D eigenvalue weighted by molar-refractivity contribution is 9.10. The number of amides is 4. The van der Waals surface area contributed by atoms with Gasteiger partial charge in [0, 0.05) is 95.7 Å². The summed E-state index contributed by atoms with van der Waals surface area (Å²) in [7, 11) is 0. The van der Waals surface area contributed by atoms with Crippen LogP contribution in [0, 0.1) is 0 Å². The van der Waals surface area contributed by atoms with Gasteiger partial charge in [-0.2, -0.15) is 0 Å². The molecule has 0 radical (unpaired) electrons. The second-order valence-electron chi connectivity index (χ2n) is 14.2. The molecule has 1 saturated heterocycles. The Morgan fingerprint density at radius 1 is 0.710 bits per heavy atom. The number of halogens is 1. The third-order valence-electron chi connectivity index (χ3n) is 9.51. The first kappa shape index (κ1) is 52.7. The van der Waals surface area contributed by atoms with Crippen molar-refractivity contribution < 1.29 is 72.7 Å². The molecule has 1 aromatic carbocycles. The van der Waals surface area contributed by atoms with Gasteiger partial charge in [-0.05, 0) is 37.0 Å². The predicted octanol–water partition coefficient (Wildman–Crippen LogP) is -0.862. The molecule has 2 rings (SSSR count). The van der Waals surface area contributed by atoms with Crippen molar-refractivity contribution in [3.8, 4) is 0 Å². The average molecular weight is 946 g/mol. The maximum atomic E-state index is 13.6. The Kier molecular flexibility index (Phi) is 26.0. The van der Waals surface area contributed by atoms with Gasteiger partial charge in [0.1, 0.15) is 19.5 Å². The lowest BCUT2D eigenvalue weighted by atomic mass is 10.1. The Morgan fingerprint density at radius 3 is 1.79 bits per heavy atom. The van der Waals surface area contributed by atoms with Gasteiger partial charge in [-0.25, -0.2) is 9.59 Å². The molecule has 346 valence electrons. The summed E-state index contributed by atoms with van der Waals surface area (Å²) in [6, 6.07) is 4.90. The number of hydrogen-bond acceptors (Lipinski definition) is 16. The third kappa shape index (κ3) is 23.5. The van der Waals surface area contributed by atoms with Crippen molar-refractivity contribution >= 4 is 71.1 Å². The lowest BCUT2D eigenvalue weighted by Crippen LogP contribution is -2.49. The zero-order valence-electron chi connectivity index (χ0n) is 34.4. The van der Waals surface area contributed by atoms with E-state index in [9.17, 15) is 53.4 Å². The maximum absolute atomic E-state index is 13.6. The number of urea groups is 1. The van der Waals surface area contributed by atoms with Gasteiger partial charge in [-0.3, -0.25) is 53.2 Å². The predicted molar refractivity (Wildman–Crippen MR) is 220 cm³/mol. The van der Waals surface area contributed by atoms with E-state index in [1.165, 1.54) is 0 Å². The summed E-state index contributed by atoms with van der Waals surface area (Å²) in [6.07, 6.45) is -1.18. The molecule has 23 nitrogen and oxygen atoms in total. The summed E-state index contributed by atoms with van der Waals surface area (Å²) in [5.74, 6) is -4.32. The van der Waals surface area contributed by atoms with E-state index in [4.69, 9.17) is 19.3 Å². The van der Waals surface area contributed by atoms with Crippen molar-refractivity contribution in [1.82, 2.24) is 40.4 Å². The maximum Gasteiger partial charge on any atom is 0.326 e. The Bertz CT molecular complexity index is 1590. The summed E-state index contributed by atoms with van der Waals surface area (Å²) < 4.78 is 15.7. The topological polar surface area (TPSA) is 294 Å². The van der Waals surface area contributed by atoms with E-state index in [1.54, 1.807) is 9.80 Å². The summed E-state index contributed by atoms with van der Waals surface area (Å²) in [4.78, 5) is 115. The number of benzene rings is 1. The number of aliphatic carboxylic acids is 3. The van der Waals surface area contributed by atoms with E-state index < -0.39 is 42.6 Å². The molecular weight excluding hydrogens is 888 g/mol. The first-order chi connectivity index (χ1) is 29.7. The molecule has 0 aromatic heterocycles. The van der Waals surface area contributed by atoms with Gasteiger partial charge in [-0.15, -0.1) is 0 Å². The SMILES string of the molecule is O=COCN1CCN(COC=O)CCN(CC(=O)NCCC(=O)N(CCCCC(NC(=O)NC(CCC(=O)O)C(=O)O)OC=O)Cc2ccc(Br)cc2)CCN(CC(=O)O)CC1. The minimum atomic E-state index is -1.49.